The molecule has 1 aromatic carbocycles. The fourth-order valence-electron chi connectivity index (χ4n) is 3.21. The van der Waals surface area contributed by atoms with Crippen LogP contribution in [0.25, 0.3) is 0 Å². The van der Waals surface area contributed by atoms with E-state index < -0.39 is 0 Å². The van der Waals surface area contributed by atoms with E-state index in [2.05, 4.69) is 11.0 Å². The Bertz CT molecular complexity index is 479. The second-order valence-electron chi connectivity index (χ2n) is 6.03. The van der Waals surface area contributed by atoms with Crippen molar-refractivity contribution in [3.63, 3.8) is 0 Å². The Kier molecular flexibility index (Phi) is 3.31. The van der Waals surface area contributed by atoms with Gasteiger partial charge in [-0.3, -0.25) is 4.79 Å². The Morgan fingerprint density at radius 2 is 2.05 bits per heavy atom. The summed E-state index contributed by atoms with van der Waals surface area (Å²) in [4.78, 5) is 14.7. The van der Waals surface area contributed by atoms with Gasteiger partial charge in [0.15, 0.2) is 0 Å². The van der Waals surface area contributed by atoms with Crippen molar-refractivity contribution in [1.29, 1.82) is 0 Å². The van der Waals surface area contributed by atoms with Crippen LogP contribution in [0.4, 0.5) is 0 Å². The molecule has 0 saturated heterocycles. The molecular formula is C16H22N2O. The largest absolute Gasteiger partial charge is 0.338 e. The smallest absolute Gasteiger partial charge is 0.254 e. The molecule has 0 radical (unpaired) electrons. The van der Waals surface area contributed by atoms with Crippen LogP contribution in [0.3, 0.4) is 0 Å². The van der Waals surface area contributed by atoms with Gasteiger partial charge in [-0.25, -0.2) is 0 Å². The van der Waals surface area contributed by atoms with Crippen molar-refractivity contribution in [3.05, 3.63) is 35.4 Å². The molecule has 19 heavy (non-hydrogen) atoms. The van der Waals surface area contributed by atoms with Crippen LogP contribution in [-0.4, -0.2) is 30.4 Å². The summed E-state index contributed by atoms with van der Waals surface area (Å²) in [5.74, 6) is 0.219. The summed E-state index contributed by atoms with van der Waals surface area (Å²) in [6.07, 6.45) is 5.60. The summed E-state index contributed by atoms with van der Waals surface area (Å²) in [7, 11) is 0. The molecule has 0 atom stereocenters. The maximum Gasteiger partial charge on any atom is 0.254 e. The third-order valence-corrected chi connectivity index (χ3v) is 4.57. The van der Waals surface area contributed by atoms with Crippen molar-refractivity contribution >= 4 is 5.91 Å². The number of nitrogens with zero attached hydrogens (tertiary/aromatic N) is 1. The maximum atomic E-state index is 12.6. The number of amides is 1. The third-order valence-electron chi connectivity index (χ3n) is 4.57. The topological polar surface area (TPSA) is 46.3 Å². The molecule has 1 aromatic rings. The van der Waals surface area contributed by atoms with E-state index in [0.29, 0.717) is 5.41 Å². The highest BCUT2D eigenvalue weighted by molar-refractivity contribution is 5.96. The summed E-state index contributed by atoms with van der Waals surface area (Å²) < 4.78 is 0. The molecule has 1 saturated carbocycles. The summed E-state index contributed by atoms with van der Waals surface area (Å²) in [6.45, 7) is 2.52. The number of carbonyl (C=O) groups is 1. The van der Waals surface area contributed by atoms with Gasteiger partial charge in [0.1, 0.15) is 0 Å². The first kappa shape index (κ1) is 12.7. The van der Waals surface area contributed by atoms with Gasteiger partial charge in [-0.2, -0.15) is 0 Å². The SMILES string of the molecule is NCCC1(CN2CCCc3ccccc3C2=O)CC1. The first-order valence-corrected chi connectivity index (χ1v) is 7.31. The zero-order chi connectivity index (χ0) is 13.3. The second-order valence-corrected chi connectivity index (χ2v) is 6.03. The molecule has 0 aromatic heterocycles. The van der Waals surface area contributed by atoms with Crippen LogP contribution >= 0.6 is 0 Å². The van der Waals surface area contributed by atoms with E-state index in [9.17, 15) is 4.79 Å². The molecule has 3 rings (SSSR count). The molecule has 3 heteroatoms. The van der Waals surface area contributed by atoms with E-state index in [1.807, 2.05) is 18.2 Å². The fourth-order valence-corrected chi connectivity index (χ4v) is 3.21. The normalized spacial score (nSPS) is 20.9. The van der Waals surface area contributed by atoms with Crippen LogP contribution in [0.1, 0.15) is 41.6 Å². The number of hydrogen-bond acceptors (Lipinski definition) is 2. The summed E-state index contributed by atoms with van der Waals surface area (Å²) in [5, 5.41) is 0. The lowest BCUT2D eigenvalue weighted by atomic mass is 10.0. The molecule has 1 fully saturated rings. The highest BCUT2D eigenvalue weighted by atomic mass is 16.2. The number of aryl methyl sites for hydroxylation is 1. The number of carbonyl (C=O) groups excluding carboxylic acids is 1. The Morgan fingerprint density at radius 1 is 1.26 bits per heavy atom. The molecule has 1 amide bonds. The first-order chi connectivity index (χ1) is 9.24. The third kappa shape index (κ3) is 2.52. The van der Waals surface area contributed by atoms with E-state index in [-0.39, 0.29) is 5.91 Å². The molecule has 1 heterocycles. The lowest BCUT2D eigenvalue weighted by Crippen LogP contribution is -2.36. The van der Waals surface area contributed by atoms with Gasteiger partial charge in [-0.05, 0) is 55.7 Å². The Balaban J connectivity index is 1.78. The summed E-state index contributed by atoms with van der Waals surface area (Å²) in [5.41, 5.74) is 8.15. The highest BCUT2D eigenvalue weighted by Crippen LogP contribution is 2.49. The van der Waals surface area contributed by atoms with Crippen LogP contribution < -0.4 is 5.73 Å². The number of rotatable bonds is 4. The van der Waals surface area contributed by atoms with Crippen LogP contribution in [0.15, 0.2) is 24.3 Å². The van der Waals surface area contributed by atoms with Gasteiger partial charge in [0.25, 0.3) is 5.91 Å². The first-order valence-electron chi connectivity index (χ1n) is 7.31. The van der Waals surface area contributed by atoms with E-state index in [0.717, 1.165) is 44.5 Å². The maximum absolute atomic E-state index is 12.6. The van der Waals surface area contributed by atoms with Crippen LogP contribution in [0.2, 0.25) is 0 Å². The van der Waals surface area contributed by atoms with Gasteiger partial charge >= 0.3 is 0 Å². The minimum Gasteiger partial charge on any atom is -0.338 e. The van der Waals surface area contributed by atoms with Gasteiger partial charge in [-0.1, -0.05) is 18.2 Å². The molecule has 1 aliphatic heterocycles. The average molecular weight is 258 g/mol. The second kappa shape index (κ2) is 4.97. The average Bonchev–Trinajstić information content (AvgIpc) is 3.19. The molecule has 2 N–H and O–H groups in total. The predicted octanol–water partition coefficient (Wildman–Crippen LogP) is 2.20. The molecular weight excluding hydrogens is 236 g/mol. The quantitative estimate of drug-likeness (QED) is 0.900. The van der Waals surface area contributed by atoms with Crippen molar-refractivity contribution in [3.8, 4) is 0 Å². The van der Waals surface area contributed by atoms with E-state index >= 15 is 0 Å². The van der Waals surface area contributed by atoms with Gasteiger partial charge in [0, 0.05) is 18.7 Å². The van der Waals surface area contributed by atoms with Gasteiger partial charge in [0.2, 0.25) is 0 Å². The van der Waals surface area contributed by atoms with Crippen molar-refractivity contribution < 1.29 is 4.79 Å². The fraction of sp³-hybridized carbons (Fsp3) is 0.562. The number of benzene rings is 1. The van der Waals surface area contributed by atoms with E-state index in [1.54, 1.807) is 0 Å². The van der Waals surface area contributed by atoms with E-state index in [4.69, 9.17) is 5.73 Å². The van der Waals surface area contributed by atoms with E-state index in [1.165, 1.54) is 18.4 Å². The molecule has 0 spiro atoms. The Hall–Kier alpha value is -1.35. The molecule has 0 unspecified atom stereocenters. The van der Waals surface area contributed by atoms with Crippen molar-refractivity contribution in [2.75, 3.05) is 19.6 Å². The highest BCUT2D eigenvalue weighted by Gasteiger charge is 2.44. The number of fused-ring (bicyclic) bond motifs is 1. The van der Waals surface area contributed by atoms with Crippen molar-refractivity contribution in [2.24, 2.45) is 11.1 Å². The summed E-state index contributed by atoms with van der Waals surface area (Å²) >= 11 is 0. The van der Waals surface area contributed by atoms with Gasteiger partial charge in [0.05, 0.1) is 0 Å². The Labute approximate surface area is 114 Å². The van der Waals surface area contributed by atoms with Crippen LogP contribution in [-0.2, 0) is 6.42 Å². The van der Waals surface area contributed by atoms with Gasteiger partial charge in [-0.15, -0.1) is 0 Å². The molecule has 102 valence electrons. The predicted molar refractivity (Wildman–Crippen MR) is 76.0 cm³/mol. The van der Waals surface area contributed by atoms with Crippen LogP contribution in [0.5, 0.6) is 0 Å². The molecule has 3 nitrogen and oxygen atoms in total. The molecule has 0 bridgehead atoms. The van der Waals surface area contributed by atoms with Crippen molar-refractivity contribution in [2.45, 2.75) is 32.1 Å². The molecule has 2 aliphatic rings. The molecule has 1 aliphatic carbocycles. The summed E-state index contributed by atoms with van der Waals surface area (Å²) in [6, 6.07) is 8.05. The van der Waals surface area contributed by atoms with Crippen LogP contribution in [0, 0.1) is 5.41 Å². The zero-order valence-corrected chi connectivity index (χ0v) is 11.4. The standard InChI is InChI=1S/C16H22N2O/c17-10-9-16(7-8-16)12-18-11-3-5-13-4-1-2-6-14(13)15(18)19/h1-2,4,6H,3,5,7-12,17H2. The zero-order valence-electron chi connectivity index (χ0n) is 11.4. The van der Waals surface area contributed by atoms with Crippen molar-refractivity contribution in [1.82, 2.24) is 4.90 Å². The number of nitrogens with two attached hydrogens (primary N) is 1. The van der Waals surface area contributed by atoms with Gasteiger partial charge < -0.3 is 10.6 Å². The Morgan fingerprint density at radius 3 is 2.79 bits per heavy atom. The minimum absolute atomic E-state index is 0.219. The monoisotopic (exact) mass is 258 g/mol. The lowest BCUT2D eigenvalue weighted by Gasteiger charge is -2.26. The minimum atomic E-state index is 0.219. The lowest BCUT2D eigenvalue weighted by molar-refractivity contribution is 0.0721. The number of hydrogen-bond donors (Lipinski definition) is 1.